The van der Waals surface area contributed by atoms with Gasteiger partial charge < -0.3 is 14.8 Å². The van der Waals surface area contributed by atoms with Crippen LogP contribution in [0.15, 0.2) is 18.2 Å². The lowest BCUT2D eigenvalue weighted by molar-refractivity contribution is 0.0539. The SMILES string of the molecule is CCc1ccc(OC2CC(C)(C)CCC2NC)c(OC)c1. The lowest BCUT2D eigenvalue weighted by Crippen LogP contribution is -2.47. The van der Waals surface area contributed by atoms with Gasteiger partial charge in [-0.15, -0.1) is 0 Å². The summed E-state index contributed by atoms with van der Waals surface area (Å²) in [6.07, 6.45) is 4.66. The molecule has 0 bridgehead atoms. The molecule has 1 fully saturated rings. The highest BCUT2D eigenvalue weighted by molar-refractivity contribution is 5.43. The molecule has 3 heteroatoms. The van der Waals surface area contributed by atoms with E-state index in [1.54, 1.807) is 7.11 Å². The van der Waals surface area contributed by atoms with Crippen LogP contribution in [0, 0.1) is 5.41 Å². The van der Waals surface area contributed by atoms with Crippen LogP contribution in [0.4, 0.5) is 0 Å². The Morgan fingerprint density at radius 3 is 2.67 bits per heavy atom. The van der Waals surface area contributed by atoms with Gasteiger partial charge >= 0.3 is 0 Å². The zero-order valence-electron chi connectivity index (χ0n) is 14.0. The van der Waals surface area contributed by atoms with E-state index in [2.05, 4.69) is 38.2 Å². The summed E-state index contributed by atoms with van der Waals surface area (Å²) in [4.78, 5) is 0. The van der Waals surface area contributed by atoms with Crippen LogP contribution in [0.25, 0.3) is 0 Å². The molecule has 0 aromatic heterocycles. The molecule has 118 valence electrons. The maximum absolute atomic E-state index is 6.33. The molecule has 3 nitrogen and oxygen atoms in total. The summed E-state index contributed by atoms with van der Waals surface area (Å²) in [5.74, 6) is 1.70. The van der Waals surface area contributed by atoms with Gasteiger partial charge in [-0.2, -0.15) is 0 Å². The molecular formula is C18H29NO2. The van der Waals surface area contributed by atoms with E-state index < -0.39 is 0 Å². The van der Waals surface area contributed by atoms with Crippen LogP contribution in [-0.2, 0) is 6.42 Å². The average molecular weight is 291 g/mol. The van der Waals surface area contributed by atoms with Crippen LogP contribution in [0.1, 0.15) is 45.6 Å². The maximum atomic E-state index is 6.33. The molecular weight excluding hydrogens is 262 g/mol. The second-order valence-corrected chi connectivity index (χ2v) is 6.80. The first-order valence-electron chi connectivity index (χ1n) is 8.00. The Labute approximate surface area is 129 Å². The van der Waals surface area contributed by atoms with E-state index in [-0.39, 0.29) is 6.10 Å². The largest absolute Gasteiger partial charge is 0.493 e. The zero-order valence-corrected chi connectivity index (χ0v) is 14.0. The number of hydrogen-bond acceptors (Lipinski definition) is 3. The van der Waals surface area contributed by atoms with E-state index in [1.165, 1.54) is 12.0 Å². The molecule has 1 aliphatic rings. The topological polar surface area (TPSA) is 30.5 Å². The monoisotopic (exact) mass is 291 g/mol. The summed E-state index contributed by atoms with van der Waals surface area (Å²) in [5.41, 5.74) is 1.61. The lowest BCUT2D eigenvalue weighted by atomic mass is 9.74. The van der Waals surface area contributed by atoms with Gasteiger partial charge in [-0.1, -0.05) is 26.8 Å². The van der Waals surface area contributed by atoms with Crippen LogP contribution in [0.5, 0.6) is 11.5 Å². The van der Waals surface area contributed by atoms with Crippen molar-refractivity contribution in [1.82, 2.24) is 5.32 Å². The van der Waals surface area contributed by atoms with Crippen molar-refractivity contribution < 1.29 is 9.47 Å². The van der Waals surface area contributed by atoms with Crippen molar-refractivity contribution in [3.05, 3.63) is 23.8 Å². The fourth-order valence-electron chi connectivity index (χ4n) is 3.17. The number of benzene rings is 1. The van der Waals surface area contributed by atoms with Crippen LogP contribution in [0.3, 0.4) is 0 Å². The average Bonchev–Trinajstić information content (AvgIpc) is 2.47. The van der Waals surface area contributed by atoms with Crippen molar-refractivity contribution in [1.29, 1.82) is 0 Å². The minimum absolute atomic E-state index is 0.195. The predicted molar refractivity (Wildman–Crippen MR) is 87.3 cm³/mol. The third-order valence-corrected chi connectivity index (χ3v) is 4.62. The Kier molecular flexibility index (Phi) is 5.15. The molecule has 1 aromatic rings. The smallest absolute Gasteiger partial charge is 0.161 e. The summed E-state index contributed by atoms with van der Waals surface area (Å²) in [5, 5.41) is 3.41. The van der Waals surface area contributed by atoms with E-state index in [4.69, 9.17) is 9.47 Å². The molecule has 1 saturated carbocycles. The van der Waals surface area contributed by atoms with Crippen molar-refractivity contribution in [3.8, 4) is 11.5 Å². The van der Waals surface area contributed by atoms with Crippen LogP contribution < -0.4 is 14.8 Å². The van der Waals surface area contributed by atoms with Gasteiger partial charge in [-0.3, -0.25) is 0 Å². The van der Waals surface area contributed by atoms with Crippen molar-refractivity contribution in [3.63, 3.8) is 0 Å². The Hall–Kier alpha value is -1.22. The Bertz CT molecular complexity index is 470. The second-order valence-electron chi connectivity index (χ2n) is 6.80. The fourth-order valence-corrected chi connectivity index (χ4v) is 3.17. The van der Waals surface area contributed by atoms with E-state index in [9.17, 15) is 0 Å². The number of nitrogens with one attached hydrogen (secondary N) is 1. The number of ether oxygens (including phenoxy) is 2. The lowest BCUT2D eigenvalue weighted by Gasteiger charge is -2.40. The van der Waals surface area contributed by atoms with Gasteiger partial charge in [-0.25, -0.2) is 0 Å². The number of rotatable bonds is 5. The Morgan fingerprint density at radius 2 is 2.05 bits per heavy atom. The van der Waals surface area contributed by atoms with Crippen molar-refractivity contribution in [2.45, 2.75) is 58.6 Å². The summed E-state index contributed by atoms with van der Waals surface area (Å²) in [7, 11) is 3.73. The molecule has 21 heavy (non-hydrogen) atoms. The second kappa shape index (κ2) is 6.69. The molecule has 0 heterocycles. The quantitative estimate of drug-likeness (QED) is 0.895. The number of likely N-dealkylation sites (N-methyl/N-ethyl adjacent to an activating group) is 1. The predicted octanol–water partition coefficient (Wildman–Crippen LogP) is 3.80. The first-order valence-corrected chi connectivity index (χ1v) is 8.00. The molecule has 0 radical (unpaired) electrons. The number of methoxy groups -OCH3 is 1. The third kappa shape index (κ3) is 3.91. The van der Waals surface area contributed by atoms with Crippen LogP contribution >= 0.6 is 0 Å². The summed E-state index contributed by atoms with van der Waals surface area (Å²) < 4.78 is 11.8. The molecule has 1 N–H and O–H groups in total. The van der Waals surface area contributed by atoms with Crippen molar-refractivity contribution >= 4 is 0 Å². The summed E-state index contributed by atoms with van der Waals surface area (Å²) >= 11 is 0. The fraction of sp³-hybridized carbons (Fsp3) is 0.667. The molecule has 0 amide bonds. The highest BCUT2D eigenvalue weighted by Crippen LogP contribution is 2.39. The molecule has 2 rings (SSSR count). The molecule has 0 saturated heterocycles. The van der Waals surface area contributed by atoms with Crippen molar-refractivity contribution in [2.75, 3.05) is 14.2 Å². The van der Waals surface area contributed by atoms with Gasteiger partial charge in [0, 0.05) is 6.04 Å². The van der Waals surface area contributed by atoms with E-state index in [0.717, 1.165) is 30.8 Å². The van der Waals surface area contributed by atoms with Gasteiger partial charge in [0.15, 0.2) is 11.5 Å². The highest BCUT2D eigenvalue weighted by Gasteiger charge is 2.35. The molecule has 1 aliphatic carbocycles. The molecule has 2 atom stereocenters. The minimum Gasteiger partial charge on any atom is -0.493 e. The Morgan fingerprint density at radius 1 is 1.29 bits per heavy atom. The standard InChI is InChI=1S/C18H29NO2/c1-6-13-7-8-15(16(11-13)20-5)21-17-12-18(2,3)10-9-14(17)19-4/h7-8,11,14,17,19H,6,9-10,12H2,1-5H3. The third-order valence-electron chi connectivity index (χ3n) is 4.62. The van der Waals surface area contributed by atoms with Gasteiger partial charge in [0.1, 0.15) is 6.10 Å². The van der Waals surface area contributed by atoms with Crippen LogP contribution in [0.2, 0.25) is 0 Å². The summed E-state index contributed by atoms with van der Waals surface area (Å²) in [6.45, 7) is 6.80. The van der Waals surface area contributed by atoms with E-state index in [1.807, 2.05) is 13.1 Å². The van der Waals surface area contributed by atoms with E-state index >= 15 is 0 Å². The number of hydrogen-bond donors (Lipinski definition) is 1. The Balaban J connectivity index is 2.18. The van der Waals surface area contributed by atoms with Gasteiger partial charge in [0.05, 0.1) is 7.11 Å². The highest BCUT2D eigenvalue weighted by atomic mass is 16.5. The van der Waals surface area contributed by atoms with E-state index in [0.29, 0.717) is 11.5 Å². The van der Waals surface area contributed by atoms with Gasteiger partial charge in [-0.05, 0) is 55.8 Å². The minimum atomic E-state index is 0.195. The first kappa shape index (κ1) is 16.2. The van der Waals surface area contributed by atoms with Gasteiger partial charge in [0.2, 0.25) is 0 Å². The molecule has 0 spiro atoms. The summed E-state index contributed by atoms with van der Waals surface area (Å²) in [6, 6.07) is 6.66. The van der Waals surface area contributed by atoms with Crippen molar-refractivity contribution in [2.24, 2.45) is 5.41 Å². The molecule has 0 aliphatic heterocycles. The van der Waals surface area contributed by atoms with Gasteiger partial charge in [0.25, 0.3) is 0 Å². The maximum Gasteiger partial charge on any atom is 0.161 e. The normalized spacial score (nSPS) is 24.6. The molecule has 2 unspecified atom stereocenters. The number of aryl methyl sites for hydroxylation is 1. The zero-order chi connectivity index (χ0) is 15.5. The molecule has 1 aromatic carbocycles. The first-order chi connectivity index (χ1) is 9.99. The van der Waals surface area contributed by atoms with Crippen LogP contribution in [-0.4, -0.2) is 26.3 Å².